The number of aromatic hydroxyl groups is 1. The monoisotopic (exact) mass is 162 g/mol. The lowest BCUT2D eigenvalue weighted by Gasteiger charge is -2.21. The van der Waals surface area contributed by atoms with Gasteiger partial charge in [-0.3, -0.25) is 0 Å². The van der Waals surface area contributed by atoms with Gasteiger partial charge in [-0.25, -0.2) is 0 Å². The van der Waals surface area contributed by atoms with Crippen molar-refractivity contribution in [1.82, 2.24) is 0 Å². The minimum absolute atomic E-state index is 0.405. The normalized spacial score (nSPS) is 21.9. The Morgan fingerprint density at radius 2 is 2.25 bits per heavy atom. The molecule has 0 radical (unpaired) electrons. The van der Waals surface area contributed by atoms with Crippen molar-refractivity contribution in [1.29, 1.82) is 0 Å². The van der Waals surface area contributed by atoms with E-state index < -0.39 is 0 Å². The van der Waals surface area contributed by atoms with Crippen molar-refractivity contribution in [3.8, 4) is 5.75 Å². The highest BCUT2D eigenvalue weighted by molar-refractivity contribution is 5.38. The highest BCUT2D eigenvalue weighted by atomic mass is 16.3. The van der Waals surface area contributed by atoms with Gasteiger partial charge in [0.15, 0.2) is 0 Å². The summed E-state index contributed by atoms with van der Waals surface area (Å²) in [5, 5.41) is 9.31. The Balaban J connectivity index is 2.47. The first kappa shape index (κ1) is 7.66. The van der Waals surface area contributed by atoms with Crippen LogP contribution in [0, 0.1) is 0 Å². The van der Waals surface area contributed by atoms with Crippen LogP contribution in [0.15, 0.2) is 18.2 Å². The molecule has 0 amide bonds. The third-order valence-corrected chi connectivity index (χ3v) is 2.74. The molecule has 0 unspecified atom stereocenters. The van der Waals surface area contributed by atoms with Crippen LogP contribution >= 0.6 is 0 Å². The lowest BCUT2D eigenvalue weighted by atomic mass is 9.84. The van der Waals surface area contributed by atoms with E-state index in [-0.39, 0.29) is 0 Å². The Morgan fingerprint density at radius 3 is 3.08 bits per heavy atom. The number of hydrogen-bond acceptors (Lipinski definition) is 1. The van der Waals surface area contributed by atoms with Crippen molar-refractivity contribution in [3.63, 3.8) is 0 Å². The molecule has 0 spiro atoms. The number of aryl methyl sites for hydroxylation is 1. The second-order valence-corrected chi connectivity index (χ2v) is 3.68. The maximum Gasteiger partial charge on any atom is 0.115 e. The molecule has 1 N–H and O–H groups in total. The van der Waals surface area contributed by atoms with Crippen LogP contribution in [0.1, 0.15) is 36.8 Å². The van der Waals surface area contributed by atoms with Gasteiger partial charge in [0, 0.05) is 0 Å². The number of hydrogen-bond donors (Lipinski definition) is 1. The van der Waals surface area contributed by atoms with Gasteiger partial charge in [0.1, 0.15) is 5.75 Å². The molecule has 1 heteroatoms. The Hall–Kier alpha value is -0.980. The molecule has 1 nitrogen and oxygen atoms in total. The zero-order valence-electron chi connectivity index (χ0n) is 7.38. The number of benzene rings is 1. The van der Waals surface area contributed by atoms with E-state index in [1.54, 1.807) is 6.07 Å². The fourth-order valence-corrected chi connectivity index (χ4v) is 2.02. The standard InChI is InChI=1S/C11H14O/c1-8-3-2-4-9-5-6-10(12)7-11(8)9/h5-8,12H,2-4H2,1H3/t8-/m1/s1. The molecule has 1 aromatic rings. The summed E-state index contributed by atoms with van der Waals surface area (Å²) >= 11 is 0. The fourth-order valence-electron chi connectivity index (χ4n) is 2.02. The van der Waals surface area contributed by atoms with Gasteiger partial charge in [0.25, 0.3) is 0 Å². The van der Waals surface area contributed by atoms with Crippen molar-refractivity contribution < 1.29 is 5.11 Å². The highest BCUT2D eigenvalue weighted by Crippen LogP contribution is 2.32. The summed E-state index contributed by atoms with van der Waals surface area (Å²) in [5.74, 6) is 1.03. The molecule has 0 heterocycles. The maximum absolute atomic E-state index is 9.31. The molecule has 0 bridgehead atoms. The Labute approximate surface area is 73.0 Å². The van der Waals surface area contributed by atoms with Crippen molar-refractivity contribution in [3.05, 3.63) is 29.3 Å². The molecule has 0 saturated heterocycles. The highest BCUT2D eigenvalue weighted by Gasteiger charge is 2.15. The second kappa shape index (κ2) is 2.81. The van der Waals surface area contributed by atoms with Gasteiger partial charge in [-0.15, -0.1) is 0 Å². The van der Waals surface area contributed by atoms with Gasteiger partial charge in [-0.05, 0) is 48.4 Å². The van der Waals surface area contributed by atoms with Crippen molar-refractivity contribution in [2.24, 2.45) is 0 Å². The molecule has 0 aliphatic heterocycles. The predicted octanol–water partition coefficient (Wildman–Crippen LogP) is 2.83. The summed E-state index contributed by atoms with van der Waals surface area (Å²) in [6, 6.07) is 5.76. The van der Waals surface area contributed by atoms with Crippen LogP contribution in [-0.2, 0) is 6.42 Å². The zero-order valence-corrected chi connectivity index (χ0v) is 7.38. The minimum Gasteiger partial charge on any atom is -0.508 e. The van der Waals surface area contributed by atoms with Crippen LogP contribution in [0.5, 0.6) is 5.75 Å². The SMILES string of the molecule is C[C@@H]1CCCc2ccc(O)cc21. The lowest BCUT2D eigenvalue weighted by Crippen LogP contribution is -2.06. The van der Waals surface area contributed by atoms with Gasteiger partial charge >= 0.3 is 0 Å². The van der Waals surface area contributed by atoms with Crippen LogP contribution in [0.2, 0.25) is 0 Å². The molecule has 1 aliphatic carbocycles. The molecule has 1 atom stereocenters. The second-order valence-electron chi connectivity index (χ2n) is 3.68. The van der Waals surface area contributed by atoms with E-state index in [0.29, 0.717) is 11.7 Å². The number of fused-ring (bicyclic) bond motifs is 1. The fraction of sp³-hybridized carbons (Fsp3) is 0.455. The van der Waals surface area contributed by atoms with Crippen LogP contribution in [-0.4, -0.2) is 5.11 Å². The van der Waals surface area contributed by atoms with Crippen molar-refractivity contribution in [2.75, 3.05) is 0 Å². The topological polar surface area (TPSA) is 20.2 Å². The van der Waals surface area contributed by atoms with E-state index in [1.807, 2.05) is 6.07 Å². The van der Waals surface area contributed by atoms with Gasteiger partial charge in [0.05, 0.1) is 0 Å². The first-order valence-corrected chi connectivity index (χ1v) is 4.59. The average molecular weight is 162 g/mol. The summed E-state index contributed by atoms with van der Waals surface area (Å²) < 4.78 is 0. The van der Waals surface area contributed by atoms with Gasteiger partial charge in [-0.1, -0.05) is 13.0 Å². The number of phenolic OH excluding ortho intramolecular Hbond substituents is 1. The molecular formula is C11H14O. The summed E-state index contributed by atoms with van der Waals surface area (Å²) in [7, 11) is 0. The largest absolute Gasteiger partial charge is 0.508 e. The van der Waals surface area contributed by atoms with Crippen LogP contribution in [0.25, 0.3) is 0 Å². The van der Waals surface area contributed by atoms with Gasteiger partial charge in [0.2, 0.25) is 0 Å². The lowest BCUT2D eigenvalue weighted by molar-refractivity contribution is 0.471. The predicted molar refractivity (Wildman–Crippen MR) is 49.5 cm³/mol. The first-order chi connectivity index (χ1) is 5.77. The van der Waals surface area contributed by atoms with E-state index in [2.05, 4.69) is 13.0 Å². The van der Waals surface area contributed by atoms with Gasteiger partial charge in [-0.2, -0.15) is 0 Å². The zero-order chi connectivity index (χ0) is 8.55. The molecular weight excluding hydrogens is 148 g/mol. The third-order valence-electron chi connectivity index (χ3n) is 2.74. The molecule has 2 rings (SSSR count). The molecule has 0 fully saturated rings. The third kappa shape index (κ3) is 1.20. The van der Waals surface area contributed by atoms with Crippen molar-refractivity contribution >= 4 is 0 Å². The van der Waals surface area contributed by atoms with Crippen molar-refractivity contribution in [2.45, 2.75) is 32.1 Å². The van der Waals surface area contributed by atoms with E-state index in [4.69, 9.17) is 0 Å². The Bertz CT molecular complexity index is 291. The summed E-state index contributed by atoms with van der Waals surface area (Å²) in [5.41, 5.74) is 2.77. The van der Waals surface area contributed by atoms with E-state index in [9.17, 15) is 5.11 Å². The Morgan fingerprint density at radius 1 is 1.42 bits per heavy atom. The van der Waals surface area contributed by atoms with E-state index in [1.165, 1.54) is 30.4 Å². The van der Waals surface area contributed by atoms with Crippen LogP contribution in [0.3, 0.4) is 0 Å². The quantitative estimate of drug-likeness (QED) is 0.622. The molecule has 12 heavy (non-hydrogen) atoms. The summed E-state index contributed by atoms with van der Waals surface area (Å²) in [4.78, 5) is 0. The molecule has 1 aromatic carbocycles. The minimum atomic E-state index is 0.405. The molecule has 0 aromatic heterocycles. The van der Waals surface area contributed by atoms with E-state index >= 15 is 0 Å². The summed E-state index contributed by atoms with van der Waals surface area (Å²) in [6.07, 6.45) is 3.73. The van der Waals surface area contributed by atoms with Crippen LogP contribution in [0.4, 0.5) is 0 Å². The first-order valence-electron chi connectivity index (χ1n) is 4.59. The maximum atomic E-state index is 9.31. The number of rotatable bonds is 0. The average Bonchev–Trinajstić information content (AvgIpc) is 2.07. The summed E-state index contributed by atoms with van der Waals surface area (Å²) in [6.45, 7) is 2.23. The Kier molecular flexibility index (Phi) is 1.80. The van der Waals surface area contributed by atoms with Gasteiger partial charge < -0.3 is 5.11 Å². The molecule has 64 valence electrons. The van der Waals surface area contributed by atoms with Crippen LogP contribution < -0.4 is 0 Å². The van der Waals surface area contributed by atoms with E-state index in [0.717, 1.165) is 0 Å². The smallest absolute Gasteiger partial charge is 0.115 e. The number of phenols is 1. The molecule has 0 saturated carbocycles. The molecule has 1 aliphatic rings.